The second-order valence-corrected chi connectivity index (χ2v) is 10.3. The summed E-state index contributed by atoms with van der Waals surface area (Å²) in [5.74, 6) is -1.25. The highest BCUT2D eigenvalue weighted by Gasteiger charge is 2.38. The van der Waals surface area contributed by atoms with E-state index in [1.165, 1.54) is 12.1 Å². The van der Waals surface area contributed by atoms with Gasteiger partial charge in [0.25, 0.3) is 0 Å². The minimum Gasteiger partial charge on any atom is -0.427 e. The molecule has 6 heteroatoms. The van der Waals surface area contributed by atoms with E-state index < -0.39 is 22.8 Å². The maximum atomic E-state index is 14.2. The maximum Gasteiger partial charge on any atom is 0.309 e. The summed E-state index contributed by atoms with van der Waals surface area (Å²) >= 11 is 0. The first-order valence-corrected chi connectivity index (χ1v) is 11.2. The average molecular weight is 449 g/mol. The molecule has 3 aromatic rings. The molecule has 1 N–H and O–H groups in total. The third-order valence-corrected chi connectivity index (χ3v) is 6.97. The van der Waals surface area contributed by atoms with Crippen LogP contribution in [0, 0.1) is 11.6 Å². The van der Waals surface area contributed by atoms with Gasteiger partial charge in [-0.25, -0.2) is 8.78 Å². The third kappa shape index (κ3) is 4.18. The lowest BCUT2D eigenvalue weighted by Gasteiger charge is -2.42. The van der Waals surface area contributed by atoms with Gasteiger partial charge in [-0.15, -0.1) is 0 Å². The zero-order valence-corrected chi connectivity index (χ0v) is 20.0. The highest BCUT2D eigenvalue weighted by atomic mass is 19.1. The predicted octanol–water partition coefficient (Wildman–Crippen LogP) is 5.62. The van der Waals surface area contributed by atoms with Crippen LogP contribution < -0.4 is 10.4 Å². The average Bonchev–Trinajstić information content (AvgIpc) is 2.71. The Bertz CT molecular complexity index is 1180. The topological polar surface area (TPSA) is 32.7 Å². The molecule has 0 spiro atoms. The van der Waals surface area contributed by atoms with Gasteiger partial charge in [-0.05, 0) is 63.1 Å². The second-order valence-electron chi connectivity index (χ2n) is 10.3. The molecule has 1 aliphatic heterocycles. The lowest BCUT2D eigenvalue weighted by Crippen LogP contribution is -2.49. The van der Waals surface area contributed by atoms with Crippen molar-refractivity contribution in [3.63, 3.8) is 0 Å². The molecular weight excluding hydrogens is 419 g/mol. The fraction of sp³-hybridized carbons (Fsp3) is 0.333. The van der Waals surface area contributed by atoms with E-state index in [0.717, 1.165) is 34.0 Å². The Labute approximate surface area is 195 Å². The fourth-order valence-corrected chi connectivity index (χ4v) is 4.24. The number of anilines is 3. The van der Waals surface area contributed by atoms with Crippen molar-refractivity contribution in [2.45, 2.75) is 58.2 Å². The molecule has 1 aliphatic rings. The number of aliphatic hydroxyl groups is 1. The van der Waals surface area contributed by atoms with E-state index in [4.69, 9.17) is 4.65 Å². The predicted molar refractivity (Wildman–Crippen MR) is 131 cm³/mol. The Kier molecular flexibility index (Phi) is 5.66. The molecular formula is C27H30BF2NO2. The Balaban J connectivity index is 1.85. The summed E-state index contributed by atoms with van der Waals surface area (Å²) in [6, 6.07) is 17.6. The first-order valence-electron chi connectivity index (χ1n) is 11.2. The third-order valence-electron chi connectivity index (χ3n) is 6.97. The number of rotatable bonds is 5. The molecule has 33 heavy (non-hydrogen) atoms. The van der Waals surface area contributed by atoms with Crippen molar-refractivity contribution in [2.24, 2.45) is 0 Å². The molecule has 0 fully saturated rings. The van der Waals surface area contributed by atoms with Crippen LogP contribution in [0.25, 0.3) is 0 Å². The molecule has 3 nitrogen and oxygen atoms in total. The summed E-state index contributed by atoms with van der Waals surface area (Å²) in [5, 5.41) is 10.4. The minimum absolute atomic E-state index is 0.289. The van der Waals surface area contributed by atoms with Gasteiger partial charge in [0.2, 0.25) is 0 Å². The number of halogens is 2. The van der Waals surface area contributed by atoms with Crippen LogP contribution in [0.5, 0.6) is 0 Å². The van der Waals surface area contributed by atoms with Crippen molar-refractivity contribution < 1.29 is 18.5 Å². The molecule has 3 aromatic carbocycles. The van der Waals surface area contributed by atoms with Gasteiger partial charge in [0.1, 0.15) is 11.6 Å². The van der Waals surface area contributed by atoms with Crippen molar-refractivity contribution >= 4 is 30.0 Å². The number of nitrogens with zero attached hydrogens (tertiary/aromatic N) is 1. The summed E-state index contributed by atoms with van der Waals surface area (Å²) in [4.78, 5) is 1.91. The Morgan fingerprint density at radius 2 is 1.45 bits per heavy atom. The summed E-state index contributed by atoms with van der Waals surface area (Å²) in [6.45, 7) is 11.5. The van der Waals surface area contributed by atoms with Gasteiger partial charge in [-0.2, -0.15) is 0 Å². The summed E-state index contributed by atoms with van der Waals surface area (Å²) < 4.78 is 34.5. The molecule has 0 radical (unpaired) electrons. The van der Waals surface area contributed by atoms with Gasteiger partial charge in [0.05, 0.1) is 22.6 Å². The number of para-hydroxylation sites is 1. The van der Waals surface area contributed by atoms with Gasteiger partial charge in [-0.1, -0.05) is 49.6 Å². The van der Waals surface area contributed by atoms with Crippen LogP contribution in [0.1, 0.15) is 52.7 Å². The van der Waals surface area contributed by atoms with Crippen LogP contribution in [0.4, 0.5) is 25.8 Å². The van der Waals surface area contributed by atoms with E-state index in [0.29, 0.717) is 5.69 Å². The molecule has 0 saturated carbocycles. The maximum absolute atomic E-state index is 14.2. The van der Waals surface area contributed by atoms with Crippen LogP contribution in [0.2, 0.25) is 0 Å². The van der Waals surface area contributed by atoms with Crippen molar-refractivity contribution in [3.05, 3.63) is 83.4 Å². The van der Waals surface area contributed by atoms with Crippen molar-refractivity contribution in [1.82, 2.24) is 0 Å². The highest BCUT2D eigenvalue weighted by Crippen LogP contribution is 2.51. The van der Waals surface area contributed by atoms with Crippen LogP contribution in [0.3, 0.4) is 0 Å². The van der Waals surface area contributed by atoms with Gasteiger partial charge >= 0.3 is 7.48 Å². The highest BCUT2D eigenvalue weighted by molar-refractivity contribution is 6.47. The lowest BCUT2D eigenvalue weighted by atomic mass is 9.72. The molecule has 0 unspecified atom stereocenters. The molecule has 0 aromatic heterocycles. The van der Waals surface area contributed by atoms with E-state index in [9.17, 15) is 13.9 Å². The largest absolute Gasteiger partial charge is 0.427 e. The second kappa shape index (κ2) is 7.96. The van der Waals surface area contributed by atoms with E-state index >= 15 is 0 Å². The summed E-state index contributed by atoms with van der Waals surface area (Å²) in [6.07, 6.45) is 0. The van der Waals surface area contributed by atoms with Crippen molar-refractivity contribution in [2.75, 3.05) is 4.90 Å². The first kappa shape index (κ1) is 23.5. The molecule has 0 aliphatic carbocycles. The molecule has 0 atom stereocenters. The fourth-order valence-electron chi connectivity index (χ4n) is 4.24. The van der Waals surface area contributed by atoms with E-state index in [1.54, 1.807) is 13.8 Å². The lowest BCUT2D eigenvalue weighted by molar-refractivity contribution is -0.0893. The summed E-state index contributed by atoms with van der Waals surface area (Å²) in [5.41, 5.74) is 3.11. The Hall–Kier alpha value is -2.70. The SMILES string of the molecule is CC1(C)c2ccccc2N(c2cc(F)cc(F)c2)c2cc(BOC(C)(C)C(C)(C)O)ccc21. The number of hydrogen-bond donors (Lipinski definition) is 1. The molecule has 0 amide bonds. The van der Waals surface area contributed by atoms with E-state index in [1.807, 2.05) is 49.1 Å². The Morgan fingerprint density at radius 3 is 2.09 bits per heavy atom. The van der Waals surface area contributed by atoms with Crippen LogP contribution in [-0.4, -0.2) is 23.8 Å². The van der Waals surface area contributed by atoms with Crippen LogP contribution in [0.15, 0.2) is 60.7 Å². The van der Waals surface area contributed by atoms with Crippen LogP contribution in [-0.2, 0) is 10.1 Å². The van der Waals surface area contributed by atoms with Crippen molar-refractivity contribution in [3.8, 4) is 0 Å². The van der Waals surface area contributed by atoms with Gasteiger partial charge in [0, 0.05) is 17.2 Å². The Morgan fingerprint density at radius 1 is 0.848 bits per heavy atom. The normalized spacial score (nSPS) is 15.1. The molecule has 172 valence electrons. The number of hydrogen-bond acceptors (Lipinski definition) is 3. The zero-order valence-electron chi connectivity index (χ0n) is 20.0. The minimum atomic E-state index is -1.02. The molecule has 0 saturated heterocycles. The monoisotopic (exact) mass is 449 g/mol. The first-order chi connectivity index (χ1) is 15.3. The molecule has 4 rings (SSSR count). The quantitative estimate of drug-likeness (QED) is 0.514. The molecule has 1 heterocycles. The number of fused-ring (bicyclic) bond motifs is 2. The van der Waals surface area contributed by atoms with Gasteiger partial charge < -0.3 is 14.7 Å². The summed E-state index contributed by atoms with van der Waals surface area (Å²) in [7, 11) is 0.289. The van der Waals surface area contributed by atoms with E-state index in [2.05, 4.69) is 26.0 Å². The standard InChI is InChI=1S/C27H30BF2NO2/c1-25(2)21-9-7-8-10-23(21)31(20-15-18(29)14-19(30)16-20)24-13-17(11-12-22(24)25)28-33-27(5,6)26(3,4)32/h7-16,28,32H,1-6H3. The van der Waals surface area contributed by atoms with Gasteiger partial charge in [-0.3, -0.25) is 0 Å². The van der Waals surface area contributed by atoms with Crippen molar-refractivity contribution in [1.29, 1.82) is 0 Å². The molecule has 0 bridgehead atoms. The smallest absolute Gasteiger partial charge is 0.309 e. The number of benzene rings is 3. The van der Waals surface area contributed by atoms with E-state index in [-0.39, 0.29) is 12.9 Å². The zero-order chi connectivity index (χ0) is 24.2. The van der Waals surface area contributed by atoms with Crippen LogP contribution >= 0.6 is 0 Å². The van der Waals surface area contributed by atoms with Gasteiger partial charge in [0.15, 0.2) is 0 Å².